The summed E-state index contributed by atoms with van der Waals surface area (Å²) in [6.45, 7) is 0.502. The van der Waals surface area contributed by atoms with Crippen LogP contribution in [0.15, 0.2) is 12.1 Å². The molecule has 4 nitrogen and oxygen atoms in total. The molecule has 0 aliphatic rings. The van der Waals surface area contributed by atoms with Gasteiger partial charge in [-0.2, -0.15) is 0 Å². The predicted molar refractivity (Wildman–Crippen MR) is 60.3 cm³/mol. The molecule has 0 spiro atoms. The van der Waals surface area contributed by atoms with Gasteiger partial charge in [-0.25, -0.2) is 0 Å². The van der Waals surface area contributed by atoms with Gasteiger partial charge in [0.2, 0.25) is 0 Å². The van der Waals surface area contributed by atoms with Gasteiger partial charge >= 0.3 is 0 Å². The van der Waals surface area contributed by atoms with E-state index in [9.17, 15) is 5.11 Å². The Labute approximate surface area is 93.8 Å². The van der Waals surface area contributed by atoms with E-state index in [-0.39, 0.29) is 16.8 Å². The van der Waals surface area contributed by atoms with Gasteiger partial charge in [-0.05, 0) is 30.7 Å². The Morgan fingerprint density at radius 3 is 2.73 bits per heavy atom. The maximum atomic E-state index is 9.51. The molecule has 5 N–H and O–H groups in total. The highest BCUT2D eigenvalue weighted by Crippen LogP contribution is 2.36. The first kappa shape index (κ1) is 12.1. The minimum absolute atomic E-state index is 0.0668. The van der Waals surface area contributed by atoms with Gasteiger partial charge < -0.3 is 21.3 Å². The maximum Gasteiger partial charge on any atom is 0.176 e. The van der Waals surface area contributed by atoms with E-state index < -0.39 is 0 Å². The van der Waals surface area contributed by atoms with Gasteiger partial charge in [-0.1, -0.05) is 11.6 Å². The highest BCUT2D eigenvalue weighted by molar-refractivity contribution is 6.32. The molecular formula is C10H15ClN2O2. The number of hydrogen-bond acceptors (Lipinski definition) is 4. The van der Waals surface area contributed by atoms with Crippen LogP contribution in [0.4, 0.5) is 0 Å². The van der Waals surface area contributed by atoms with Crippen molar-refractivity contribution in [2.24, 2.45) is 11.5 Å². The fourth-order valence-electron chi connectivity index (χ4n) is 1.31. The highest BCUT2D eigenvalue weighted by Gasteiger charge is 2.12. The molecule has 1 atom stereocenters. The Morgan fingerprint density at radius 1 is 1.53 bits per heavy atom. The van der Waals surface area contributed by atoms with Crippen molar-refractivity contribution in [2.75, 3.05) is 13.7 Å². The van der Waals surface area contributed by atoms with Crippen molar-refractivity contribution < 1.29 is 9.84 Å². The van der Waals surface area contributed by atoms with Gasteiger partial charge in [-0.3, -0.25) is 0 Å². The minimum Gasteiger partial charge on any atom is -0.503 e. The molecule has 0 radical (unpaired) electrons. The zero-order valence-electron chi connectivity index (χ0n) is 8.53. The molecule has 1 aromatic rings. The standard InChI is InChI=1S/C10H15ClN2O2/c1-15-9-5-6(8(13)2-3-12)4-7(11)10(9)14/h4-5,8,14H,2-3,12-13H2,1H3/t8-/m1/s1. The number of hydrogen-bond donors (Lipinski definition) is 3. The van der Waals surface area contributed by atoms with E-state index in [0.29, 0.717) is 18.7 Å². The number of rotatable bonds is 4. The lowest BCUT2D eigenvalue weighted by Crippen LogP contribution is -2.15. The zero-order valence-corrected chi connectivity index (χ0v) is 9.29. The van der Waals surface area contributed by atoms with Crippen molar-refractivity contribution in [1.29, 1.82) is 0 Å². The number of benzene rings is 1. The Balaban J connectivity index is 3.05. The van der Waals surface area contributed by atoms with Crippen LogP contribution in [-0.2, 0) is 0 Å². The molecule has 1 aromatic carbocycles. The third kappa shape index (κ3) is 2.75. The molecule has 1 rings (SSSR count). The fraction of sp³-hybridized carbons (Fsp3) is 0.400. The zero-order chi connectivity index (χ0) is 11.4. The van der Waals surface area contributed by atoms with Gasteiger partial charge in [0.25, 0.3) is 0 Å². The monoisotopic (exact) mass is 230 g/mol. The number of methoxy groups -OCH3 is 1. The second-order valence-corrected chi connectivity index (χ2v) is 3.64. The summed E-state index contributed by atoms with van der Waals surface area (Å²) in [5.41, 5.74) is 12.1. The molecule has 15 heavy (non-hydrogen) atoms. The summed E-state index contributed by atoms with van der Waals surface area (Å²) < 4.78 is 4.97. The summed E-state index contributed by atoms with van der Waals surface area (Å²) in [4.78, 5) is 0. The van der Waals surface area contributed by atoms with E-state index in [1.807, 2.05) is 0 Å². The molecule has 0 aliphatic heterocycles. The van der Waals surface area contributed by atoms with Crippen LogP contribution in [0.25, 0.3) is 0 Å². The quantitative estimate of drug-likeness (QED) is 0.731. The summed E-state index contributed by atoms with van der Waals surface area (Å²) in [7, 11) is 1.46. The van der Waals surface area contributed by atoms with Crippen molar-refractivity contribution in [3.8, 4) is 11.5 Å². The lowest BCUT2D eigenvalue weighted by molar-refractivity contribution is 0.372. The lowest BCUT2D eigenvalue weighted by atomic mass is 10.0. The topological polar surface area (TPSA) is 81.5 Å². The van der Waals surface area contributed by atoms with Crippen molar-refractivity contribution in [2.45, 2.75) is 12.5 Å². The van der Waals surface area contributed by atoms with E-state index in [4.69, 9.17) is 27.8 Å². The van der Waals surface area contributed by atoms with Crippen molar-refractivity contribution in [3.63, 3.8) is 0 Å². The van der Waals surface area contributed by atoms with Crippen LogP contribution >= 0.6 is 11.6 Å². The molecule has 0 bridgehead atoms. The van der Waals surface area contributed by atoms with Crippen LogP contribution in [0.2, 0.25) is 5.02 Å². The Bertz CT molecular complexity index is 344. The Hall–Kier alpha value is -0.970. The number of aromatic hydroxyl groups is 1. The molecule has 0 fully saturated rings. The summed E-state index contributed by atoms with van der Waals surface area (Å²) in [5.74, 6) is 0.257. The minimum atomic E-state index is -0.193. The number of ether oxygens (including phenoxy) is 1. The van der Waals surface area contributed by atoms with E-state index in [2.05, 4.69) is 0 Å². The molecule has 84 valence electrons. The normalized spacial score (nSPS) is 12.5. The smallest absolute Gasteiger partial charge is 0.176 e. The van der Waals surface area contributed by atoms with Gasteiger partial charge in [-0.15, -0.1) is 0 Å². The van der Waals surface area contributed by atoms with Gasteiger partial charge in [0.1, 0.15) is 0 Å². The lowest BCUT2D eigenvalue weighted by Gasteiger charge is -2.13. The first-order valence-corrected chi connectivity index (χ1v) is 5.00. The number of nitrogens with two attached hydrogens (primary N) is 2. The van der Waals surface area contributed by atoms with Gasteiger partial charge in [0, 0.05) is 6.04 Å². The third-order valence-corrected chi connectivity index (χ3v) is 2.46. The second kappa shape index (κ2) is 5.21. The fourth-order valence-corrected chi connectivity index (χ4v) is 1.53. The molecular weight excluding hydrogens is 216 g/mol. The highest BCUT2D eigenvalue weighted by atomic mass is 35.5. The number of halogens is 1. The van der Waals surface area contributed by atoms with E-state index in [1.54, 1.807) is 12.1 Å². The molecule has 0 heterocycles. The average Bonchev–Trinajstić information content (AvgIpc) is 2.22. The molecule has 5 heteroatoms. The Kier molecular flexibility index (Phi) is 4.20. The molecule has 0 aromatic heterocycles. The third-order valence-electron chi connectivity index (χ3n) is 2.18. The summed E-state index contributed by atoms with van der Waals surface area (Å²) in [6.07, 6.45) is 0.657. The van der Waals surface area contributed by atoms with Crippen molar-refractivity contribution in [3.05, 3.63) is 22.7 Å². The number of phenols is 1. The van der Waals surface area contributed by atoms with Crippen LogP contribution in [0.5, 0.6) is 11.5 Å². The molecule has 0 saturated carbocycles. The molecule has 0 unspecified atom stereocenters. The summed E-state index contributed by atoms with van der Waals surface area (Å²) in [6, 6.07) is 3.10. The number of phenolic OH excluding ortho intramolecular Hbond substituents is 1. The van der Waals surface area contributed by atoms with E-state index in [1.165, 1.54) is 7.11 Å². The largest absolute Gasteiger partial charge is 0.503 e. The van der Waals surface area contributed by atoms with Crippen LogP contribution < -0.4 is 16.2 Å². The molecule has 0 aliphatic carbocycles. The average molecular weight is 231 g/mol. The second-order valence-electron chi connectivity index (χ2n) is 3.24. The van der Waals surface area contributed by atoms with Gasteiger partial charge in [0.15, 0.2) is 11.5 Å². The van der Waals surface area contributed by atoms with Crippen molar-refractivity contribution in [1.82, 2.24) is 0 Å². The first-order chi connectivity index (χ1) is 7.10. The van der Waals surface area contributed by atoms with Crippen LogP contribution in [0.1, 0.15) is 18.0 Å². The van der Waals surface area contributed by atoms with E-state index >= 15 is 0 Å². The van der Waals surface area contributed by atoms with Crippen molar-refractivity contribution >= 4 is 11.6 Å². The van der Waals surface area contributed by atoms with Crippen LogP contribution in [-0.4, -0.2) is 18.8 Å². The van der Waals surface area contributed by atoms with Crippen LogP contribution in [0, 0.1) is 0 Å². The SMILES string of the molecule is COc1cc([C@H](N)CCN)cc(Cl)c1O. The Morgan fingerprint density at radius 2 is 2.20 bits per heavy atom. The molecule has 0 saturated heterocycles. The van der Waals surface area contributed by atoms with E-state index in [0.717, 1.165) is 5.56 Å². The van der Waals surface area contributed by atoms with Crippen LogP contribution in [0.3, 0.4) is 0 Å². The maximum absolute atomic E-state index is 9.51. The predicted octanol–water partition coefficient (Wildman–Crippen LogP) is 1.40. The van der Waals surface area contributed by atoms with Gasteiger partial charge in [0.05, 0.1) is 12.1 Å². The molecule has 0 amide bonds. The summed E-state index contributed by atoms with van der Waals surface area (Å²) >= 11 is 5.83. The summed E-state index contributed by atoms with van der Waals surface area (Å²) in [5, 5.41) is 9.74. The first-order valence-electron chi connectivity index (χ1n) is 4.62.